The van der Waals surface area contributed by atoms with Crippen LogP contribution in [0.2, 0.25) is 0 Å². The number of hydrogen-bond acceptors (Lipinski definition) is 6. The van der Waals surface area contributed by atoms with Crippen molar-refractivity contribution in [1.82, 2.24) is 5.32 Å². The Labute approximate surface area is 200 Å². The molecule has 0 heterocycles. The van der Waals surface area contributed by atoms with E-state index >= 15 is 0 Å². The van der Waals surface area contributed by atoms with Gasteiger partial charge >= 0.3 is 5.97 Å². The number of carbonyl (C=O) groups excluding carboxylic acids is 4. The van der Waals surface area contributed by atoms with Gasteiger partial charge in [-0.15, -0.1) is 0 Å². The molecule has 0 aliphatic rings. The highest BCUT2D eigenvalue weighted by Crippen LogP contribution is 2.23. The topological polar surface area (TPSA) is 123 Å². The Balaban J connectivity index is 1.42. The van der Waals surface area contributed by atoms with Gasteiger partial charge in [-0.25, -0.2) is 4.39 Å². The van der Waals surface area contributed by atoms with E-state index in [0.29, 0.717) is 22.7 Å². The molecule has 0 unspecified atom stereocenters. The molecular weight excluding hydrogens is 457 g/mol. The number of halogens is 1. The lowest BCUT2D eigenvalue weighted by Gasteiger charge is -2.10. The summed E-state index contributed by atoms with van der Waals surface area (Å²) in [5.41, 5.74) is 1.45. The van der Waals surface area contributed by atoms with E-state index in [2.05, 4.69) is 16.0 Å². The lowest BCUT2D eigenvalue weighted by atomic mass is 10.2. The van der Waals surface area contributed by atoms with Crippen LogP contribution in [0.1, 0.15) is 20.7 Å². The van der Waals surface area contributed by atoms with Crippen molar-refractivity contribution in [2.24, 2.45) is 0 Å². The van der Waals surface area contributed by atoms with Gasteiger partial charge in [0.25, 0.3) is 17.7 Å². The Morgan fingerprint density at radius 3 is 2.11 bits per heavy atom. The molecule has 3 N–H and O–H groups in total. The van der Waals surface area contributed by atoms with Crippen molar-refractivity contribution < 1.29 is 33.0 Å². The fraction of sp³-hybridized carbons (Fsp3) is 0.120. The van der Waals surface area contributed by atoms with Crippen LogP contribution in [0.3, 0.4) is 0 Å². The largest absolute Gasteiger partial charge is 0.495 e. The van der Waals surface area contributed by atoms with Gasteiger partial charge in [0, 0.05) is 16.8 Å². The number of rotatable bonds is 9. The lowest BCUT2D eigenvalue weighted by molar-refractivity contribution is -0.146. The summed E-state index contributed by atoms with van der Waals surface area (Å²) in [7, 11) is 1.50. The number of esters is 1. The molecule has 0 atom stereocenters. The number of benzene rings is 3. The highest BCUT2D eigenvalue weighted by atomic mass is 19.1. The van der Waals surface area contributed by atoms with Crippen molar-refractivity contribution in [3.05, 3.63) is 89.7 Å². The first-order valence-electron chi connectivity index (χ1n) is 10.4. The molecule has 0 aromatic heterocycles. The smallest absolute Gasteiger partial charge is 0.325 e. The van der Waals surface area contributed by atoms with Gasteiger partial charge in [-0.05, 0) is 60.7 Å². The third-order valence-electron chi connectivity index (χ3n) is 4.65. The zero-order chi connectivity index (χ0) is 25.2. The number of nitrogens with one attached hydrogen (secondary N) is 3. The van der Waals surface area contributed by atoms with Gasteiger partial charge in [0.2, 0.25) is 0 Å². The van der Waals surface area contributed by atoms with Crippen LogP contribution in [0.15, 0.2) is 72.8 Å². The SMILES string of the molecule is COc1ccccc1NC(=O)c1ccc(NC(=O)COC(=O)CNC(=O)c2ccc(F)cc2)cc1. The monoisotopic (exact) mass is 479 g/mol. The lowest BCUT2D eigenvalue weighted by Crippen LogP contribution is -2.32. The summed E-state index contributed by atoms with van der Waals surface area (Å²) in [4.78, 5) is 48.2. The third-order valence-corrected chi connectivity index (χ3v) is 4.65. The van der Waals surface area contributed by atoms with E-state index in [1.54, 1.807) is 24.3 Å². The first-order chi connectivity index (χ1) is 16.9. The molecule has 0 aliphatic heterocycles. The Bertz CT molecular complexity index is 1210. The average Bonchev–Trinajstić information content (AvgIpc) is 2.87. The predicted octanol–water partition coefficient (Wildman–Crippen LogP) is 3.00. The normalized spacial score (nSPS) is 10.1. The van der Waals surface area contributed by atoms with Crippen LogP contribution in [-0.4, -0.2) is 44.0 Å². The first-order valence-corrected chi connectivity index (χ1v) is 10.4. The zero-order valence-electron chi connectivity index (χ0n) is 18.7. The third kappa shape index (κ3) is 7.39. The molecule has 0 bridgehead atoms. The molecule has 180 valence electrons. The summed E-state index contributed by atoms with van der Waals surface area (Å²) in [6.07, 6.45) is 0. The van der Waals surface area contributed by atoms with E-state index in [0.717, 1.165) is 12.1 Å². The maximum absolute atomic E-state index is 12.9. The summed E-state index contributed by atoms with van der Waals surface area (Å²) in [5, 5.41) is 7.60. The number of anilines is 2. The minimum absolute atomic E-state index is 0.178. The van der Waals surface area contributed by atoms with E-state index in [-0.39, 0.29) is 11.5 Å². The maximum Gasteiger partial charge on any atom is 0.325 e. The second kappa shape index (κ2) is 11.9. The average molecular weight is 479 g/mol. The standard InChI is InChI=1S/C25H22FN3O6/c1-34-21-5-3-2-4-20(21)29-25(33)17-8-12-19(13-9-17)28-22(30)15-35-23(31)14-27-24(32)16-6-10-18(26)11-7-16/h2-13H,14-15H2,1H3,(H,27,32)(H,28,30)(H,29,33). The van der Waals surface area contributed by atoms with Crippen molar-refractivity contribution in [3.63, 3.8) is 0 Å². The van der Waals surface area contributed by atoms with Gasteiger partial charge in [0.05, 0.1) is 12.8 Å². The fourth-order valence-electron chi connectivity index (χ4n) is 2.90. The molecule has 3 aromatic carbocycles. The maximum atomic E-state index is 12.9. The molecule has 9 nitrogen and oxygen atoms in total. The quantitative estimate of drug-likeness (QED) is 0.406. The Morgan fingerprint density at radius 2 is 1.43 bits per heavy atom. The molecule has 3 aromatic rings. The van der Waals surface area contributed by atoms with Gasteiger partial charge in [-0.2, -0.15) is 0 Å². The van der Waals surface area contributed by atoms with E-state index in [4.69, 9.17) is 9.47 Å². The number of amides is 3. The van der Waals surface area contributed by atoms with Crippen LogP contribution in [0.4, 0.5) is 15.8 Å². The Kier molecular flexibility index (Phi) is 8.49. The van der Waals surface area contributed by atoms with Crippen LogP contribution < -0.4 is 20.7 Å². The van der Waals surface area contributed by atoms with Crippen LogP contribution in [0.5, 0.6) is 5.75 Å². The second-order valence-electron chi connectivity index (χ2n) is 7.13. The Hall–Kier alpha value is -4.73. The number of para-hydroxylation sites is 2. The van der Waals surface area contributed by atoms with Crippen LogP contribution in [0.25, 0.3) is 0 Å². The molecular formula is C25H22FN3O6. The molecule has 0 fully saturated rings. The molecule has 0 radical (unpaired) electrons. The van der Waals surface area contributed by atoms with Crippen LogP contribution in [0, 0.1) is 5.82 Å². The van der Waals surface area contributed by atoms with Crippen LogP contribution >= 0.6 is 0 Å². The van der Waals surface area contributed by atoms with E-state index < -0.39 is 36.8 Å². The predicted molar refractivity (Wildman–Crippen MR) is 126 cm³/mol. The van der Waals surface area contributed by atoms with Crippen molar-refractivity contribution in [3.8, 4) is 5.75 Å². The summed E-state index contributed by atoms with van der Waals surface area (Å²) >= 11 is 0. The van der Waals surface area contributed by atoms with Crippen LogP contribution in [-0.2, 0) is 14.3 Å². The van der Waals surface area contributed by atoms with Crippen molar-refractivity contribution in [2.75, 3.05) is 30.9 Å². The summed E-state index contributed by atoms with van der Waals surface area (Å²) in [5.74, 6) is -2.33. The van der Waals surface area contributed by atoms with Crippen molar-refractivity contribution in [2.45, 2.75) is 0 Å². The van der Waals surface area contributed by atoms with Gasteiger partial charge in [-0.1, -0.05) is 12.1 Å². The van der Waals surface area contributed by atoms with Gasteiger partial charge in [0.1, 0.15) is 18.1 Å². The summed E-state index contributed by atoms with van der Waals surface area (Å²) in [6.45, 7) is -1.03. The van der Waals surface area contributed by atoms with Crippen molar-refractivity contribution in [1.29, 1.82) is 0 Å². The second-order valence-corrected chi connectivity index (χ2v) is 7.13. The molecule has 0 saturated carbocycles. The van der Waals surface area contributed by atoms with Crippen molar-refractivity contribution >= 4 is 35.1 Å². The van der Waals surface area contributed by atoms with E-state index in [9.17, 15) is 23.6 Å². The molecule has 10 heteroatoms. The molecule has 0 spiro atoms. The van der Waals surface area contributed by atoms with Gasteiger partial charge in [-0.3, -0.25) is 19.2 Å². The zero-order valence-corrected chi connectivity index (χ0v) is 18.7. The molecule has 3 amide bonds. The number of ether oxygens (including phenoxy) is 2. The number of methoxy groups -OCH3 is 1. The fourth-order valence-corrected chi connectivity index (χ4v) is 2.90. The van der Waals surface area contributed by atoms with Gasteiger partial charge in [0.15, 0.2) is 6.61 Å². The van der Waals surface area contributed by atoms with Gasteiger partial charge < -0.3 is 25.4 Å². The molecule has 3 rings (SSSR count). The van der Waals surface area contributed by atoms with E-state index in [1.807, 2.05) is 0 Å². The Morgan fingerprint density at radius 1 is 0.800 bits per heavy atom. The molecule has 0 aliphatic carbocycles. The number of hydrogen-bond donors (Lipinski definition) is 3. The molecule has 35 heavy (non-hydrogen) atoms. The first kappa shape index (κ1) is 24.9. The minimum Gasteiger partial charge on any atom is -0.495 e. The molecule has 0 saturated heterocycles. The number of carbonyl (C=O) groups is 4. The minimum atomic E-state index is -0.820. The summed E-state index contributed by atoms with van der Waals surface area (Å²) < 4.78 is 22.9. The van der Waals surface area contributed by atoms with E-state index in [1.165, 1.54) is 43.5 Å². The summed E-state index contributed by atoms with van der Waals surface area (Å²) in [6, 6.07) is 17.9. The highest BCUT2D eigenvalue weighted by molar-refractivity contribution is 6.05. The highest BCUT2D eigenvalue weighted by Gasteiger charge is 2.12.